The van der Waals surface area contributed by atoms with E-state index in [1.165, 1.54) is 0 Å². The van der Waals surface area contributed by atoms with Gasteiger partial charge in [0.25, 0.3) is 0 Å². The average molecular weight is 290 g/mol. The van der Waals surface area contributed by atoms with E-state index in [1.54, 1.807) is 12.3 Å². The van der Waals surface area contributed by atoms with Crippen molar-refractivity contribution in [1.29, 1.82) is 0 Å². The number of aromatic hydroxyl groups is 1. The maximum absolute atomic E-state index is 10.7. The molecule has 4 heteroatoms. The Balaban J connectivity index is 0.000000131. The Bertz CT molecular complexity index is 971. The van der Waals surface area contributed by atoms with Gasteiger partial charge in [0.2, 0.25) is 0 Å². The fraction of sp³-hybridized carbons (Fsp3) is 0. The van der Waals surface area contributed by atoms with Crippen molar-refractivity contribution in [2.45, 2.75) is 0 Å². The molecular formula is C18H14N2O2. The number of hydrogen-bond acceptors (Lipinski definition) is 3. The molecule has 0 aliphatic heterocycles. The van der Waals surface area contributed by atoms with Gasteiger partial charge in [0.1, 0.15) is 5.75 Å². The van der Waals surface area contributed by atoms with E-state index in [2.05, 4.69) is 9.97 Å². The Hall–Kier alpha value is -3.14. The van der Waals surface area contributed by atoms with Crippen LogP contribution in [0.3, 0.4) is 0 Å². The molecule has 0 atom stereocenters. The minimum atomic E-state index is -0.302. The second kappa shape index (κ2) is 6.10. The predicted octanol–water partition coefficient (Wildman–Crippen LogP) is 3.47. The number of phenolic OH excluding ortho intramolecular Hbond substituents is 1. The molecule has 4 aromatic rings. The zero-order valence-electron chi connectivity index (χ0n) is 11.7. The molecule has 0 aliphatic rings. The summed E-state index contributed by atoms with van der Waals surface area (Å²) < 4.78 is 0. The number of fused-ring (bicyclic) bond motifs is 2. The number of benzene rings is 3. The topological polar surface area (TPSA) is 66.0 Å². The Morgan fingerprint density at radius 1 is 0.818 bits per heavy atom. The minimum Gasteiger partial charge on any atom is -0.507 e. The summed E-state index contributed by atoms with van der Waals surface area (Å²) in [6, 6.07) is 20.8. The van der Waals surface area contributed by atoms with E-state index in [1.807, 2.05) is 60.7 Å². The van der Waals surface area contributed by atoms with Crippen molar-refractivity contribution in [3.05, 3.63) is 83.4 Å². The lowest BCUT2D eigenvalue weighted by atomic mass is 10.1. The van der Waals surface area contributed by atoms with Crippen molar-refractivity contribution < 1.29 is 5.11 Å². The fourth-order valence-corrected chi connectivity index (χ4v) is 2.21. The number of H-pyrrole nitrogens is 1. The van der Waals surface area contributed by atoms with Crippen LogP contribution in [0.15, 0.2) is 77.7 Å². The molecule has 0 saturated carbocycles. The summed E-state index contributed by atoms with van der Waals surface area (Å²) in [4.78, 5) is 16.9. The highest BCUT2D eigenvalue weighted by Gasteiger charge is 1.94. The van der Waals surface area contributed by atoms with Gasteiger partial charge in [-0.15, -0.1) is 0 Å². The summed E-state index contributed by atoms with van der Waals surface area (Å²) in [6.07, 6.45) is 1.56. The first-order chi connectivity index (χ1) is 10.7. The van der Waals surface area contributed by atoms with E-state index in [-0.39, 0.29) is 5.69 Å². The van der Waals surface area contributed by atoms with Crippen LogP contribution >= 0.6 is 0 Å². The van der Waals surface area contributed by atoms with Crippen LogP contribution in [-0.4, -0.2) is 15.1 Å². The van der Waals surface area contributed by atoms with E-state index >= 15 is 0 Å². The highest BCUT2D eigenvalue weighted by Crippen LogP contribution is 2.22. The van der Waals surface area contributed by atoms with Crippen LogP contribution in [0.1, 0.15) is 0 Å². The van der Waals surface area contributed by atoms with E-state index in [0.717, 1.165) is 21.7 Å². The number of nitrogens with one attached hydrogen (secondary N) is 1. The van der Waals surface area contributed by atoms with Crippen LogP contribution in [0.25, 0.3) is 21.7 Å². The number of phenols is 1. The maximum Gasteiger partial charge on any atom is 0.345 e. The van der Waals surface area contributed by atoms with Gasteiger partial charge in [-0.3, -0.25) is 0 Å². The summed E-state index contributed by atoms with van der Waals surface area (Å²) in [5.74, 6) is 0.350. The molecule has 4 rings (SSSR count). The van der Waals surface area contributed by atoms with Crippen molar-refractivity contribution in [1.82, 2.24) is 9.97 Å². The third-order valence-corrected chi connectivity index (χ3v) is 3.29. The summed E-state index contributed by atoms with van der Waals surface area (Å²) >= 11 is 0. The normalized spacial score (nSPS) is 10.2. The first-order valence-electron chi connectivity index (χ1n) is 6.85. The van der Waals surface area contributed by atoms with E-state index < -0.39 is 0 Å². The fourth-order valence-electron chi connectivity index (χ4n) is 2.21. The zero-order valence-corrected chi connectivity index (χ0v) is 11.7. The number of aromatic nitrogens is 2. The lowest BCUT2D eigenvalue weighted by Gasteiger charge is -1.97. The zero-order chi connectivity index (χ0) is 15.4. The molecule has 22 heavy (non-hydrogen) atoms. The molecule has 0 spiro atoms. The van der Waals surface area contributed by atoms with Crippen LogP contribution in [0.2, 0.25) is 0 Å². The van der Waals surface area contributed by atoms with Gasteiger partial charge in [-0.05, 0) is 17.5 Å². The minimum absolute atomic E-state index is 0.302. The largest absolute Gasteiger partial charge is 0.507 e. The Labute approximate surface area is 126 Å². The molecule has 0 fully saturated rings. The van der Waals surface area contributed by atoms with Gasteiger partial charge in [0.05, 0.1) is 5.52 Å². The molecule has 0 amide bonds. The van der Waals surface area contributed by atoms with Gasteiger partial charge in [-0.1, -0.05) is 54.6 Å². The third-order valence-electron chi connectivity index (χ3n) is 3.29. The maximum atomic E-state index is 10.7. The highest BCUT2D eigenvalue weighted by atomic mass is 16.3. The number of para-hydroxylation sites is 1. The van der Waals surface area contributed by atoms with Gasteiger partial charge < -0.3 is 10.1 Å². The molecule has 1 heterocycles. The van der Waals surface area contributed by atoms with Crippen LogP contribution in [0.5, 0.6) is 5.75 Å². The highest BCUT2D eigenvalue weighted by molar-refractivity contribution is 5.87. The van der Waals surface area contributed by atoms with Gasteiger partial charge in [-0.2, -0.15) is 0 Å². The van der Waals surface area contributed by atoms with Crippen molar-refractivity contribution in [3.63, 3.8) is 0 Å². The number of hydrogen-bond donors (Lipinski definition) is 2. The van der Waals surface area contributed by atoms with Crippen LogP contribution in [0.4, 0.5) is 0 Å². The van der Waals surface area contributed by atoms with Crippen LogP contribution in [-0.2, 0) is 0 Å². The number of aromatic amines is 1. The first kappa shape index (κ1) is 13.8. The van der Waals surface area contributed by atoms with Crippen molar-refractivity contribution in [3.8, 4) is 5.75 Å². The van der Waals surface area contributed by atoms with E-state index in [9.17, 15) is 9.90 Å². The molecule has 108 valence electrons. The predicted molar refractivity (Wildman–Crippen MR) is 88.0 cm³/mol. The monoisotopic (exact) mass is 290 g/mol. The molecule has 0 radical (unpaired) electrons. The summed E-state index contributed by atoms with van der Waals surface area (Å²) in [6.45, 7) is 0. The lowest BCUT2D eigenvalue weighted by molar-refractivity contribution is 0.481. The molecule has 2 N–H and O–H groups in total. The second-order valence-corrected chi connectivity index (χ2v) is 4.77. The molecule has 1 aromatic heterocycles. The number of rotatable bonds is 0. The second-order valence-electron chi connectivity index (χ2n) is 4.77. The lowest BCUT2D eigenvalue weighted by Crippen LogP contribution is -2.07. The van der Waals surface area contributed by atoms with Crippen molar-refractivity contribution >= 4 is 21.7 Å². The Kier molecular flexibility index (Phi) is 3.83. The Morgan fingerprint density at radius 3 is 2.32 bits per heavy atom. The molecule has 0 unspecified atom stereocenters. The van der Waals surface area contributed by atoms with Crippen molar-refractivity contribution in [2.75, 3.05) is 0 Å². The summed E-state index contributed by atoms with van der Waals surface area (Å²) in [5, 5.41) is 12.3. The Morgan fingerprint density at radius 2 is 1.50 bits per heavy atom. The van der Waals surface area contributed by atoms with Gasteiger partial charge in [0, 0.05) is 17.0 Å². The van der Waals surface area contributed by atoms with Gasteiger partial charge >= 0.3 is 5.69 Å². The summed E-state index contributed by atoms with van der Waals surface area (Å²) in [5.41, 5.74) is 0.524. The standard InChI is InChI=1S/C10H8O.C8H6N2O/c11-10-7-3-5-8-4-1-2-6-9(8)10;11-8-9-5-6-3-1-2-4-7(6)10-8/h1-7,11H;1-5H,(H,9,10,11). The molecule has 0 aliphatic carbocycles. The van der Waals surface area contributed by atoms with E-state index in [0.29, 0.717) is 5.75 Å². The van der Waals surface area contributed by atoms with Gasteiger partial charge in [0.15, 0.2) is 0 Å². The molecular weight excluding hydrogens is 276 g/mol. The molecule has 0 saturated heterocycles. The van der Waals surface area contributed by atoms with Crippen LogP contribution in [0, 0.1) is 0 Å². The average Bonchev–Trinajstić information content (AvgIpc) is 2.56. The van der Waals surface area contributed by atoms with E-state index in [4.69, 9.17) is 0 Å². The number of nitrogens with zero attached hydrogens (tertiary/aromatic N) is 1. The van der Waals surface area contributed by atoms with Gasteiger partial charge in [-0.25, -0.2) is 9.78 Å². The van der Waals surface area contributed by atoms with Crippen LogP contribution < -0.4 is 5.69 Å². The molecule has 3 aromatic carbocycles. The van der Waals surface area contributed by atoms with Crippen molar-refractivity contribution in [2.24, 2.45) is 0 Å². The molecule has 4 nitrogen and oxygen atoms in total. The quantitative estimate of drug-likeness (QED) is 0.521. The molecule has 0 bridgehead atoms. The smallest absolute Gasteiger partial charge is 0.345 e. The SMILES string of the molecule is O=c1ncc2ccccc2[nH]1.Oc1cccc2ccccc12. The third kappa shape index (κ3) is 2.96. The summed E-state index contributed by atoms with van der Waals surface area (Å²) in [7, 11) is 0. The first-order valence-corrected chi connectivity index (χ1v) is 6.85.